The van der Waals surface area contributed by atoms with Crippen LogP contribution in [0.1, 0.15) is 47.9 Å². The predicted molar refractivity (Wildman–Crippen MR) is 65.0 cm³/mol. The predicted octanol–water partition coefficient (Wildman–Crippen LogP) is 4.05. The quantitative estimate of drug-likeness (QED) is 0.590. The summed E-state index contributed by atoms with van der Waals surface area (Å²) >= 11 is 0. The molecule has 0 atom stereocenters. The van der Waals surface area contributed by atoms with Gasteiger partial charge < -0.3 is 0 Å². The summed E-state index contributed by atoms with van der Waals surface area (Å²) in [7, 11) is 0. The molecule has 3 rings (SSSR count). The third-order valence-corrected chi connectivity index (χ3v) is 3.87. The van der Waals surface area contributed by atoms with E-state index in [2.05, 4.69) is 25.1 Å². The van der Waals surface area contributed by atoms with E-state index in [1.54, 1.807) is 22.3 Å². The molecule has 0 nitrogen and oxygen atoms in total. The molecular formula is C15H18. The molecule has 1 aromatic rings. The van der Waals surface area contributed by atoms with Gasteiger partial charge in [-0.1, -0.05) is 18.2 Å². The zero-order chi connectivity index (χ0) is 10.3. The second-order valence-electron chi connectivity index (χ2n) is 4.87. The van der Waals surface area contributed by atoms with E-state index in [4.69, 9.17) is 0 Å². The molecule has 0 radical (unpaired) electrons. The van der Waals surface area contributed by atoms with Gasteiger partial charge >= 0.3 is 0 Å². The molecule has 0 aromatic heterocycles. The fourth-order valence-electron chi connectivity index (χ4n) is 3.08. The van der Waals surface area contributed by atoms with Gasteiger partial charge in [-0.05, 0) is 73.3 Å². The first-order valence-corrected chi connectivity index (χ1v) is 6.17. The van der Waals surface area contributed by atoms with Crippen LogP contribution in [0, 0.1) is 6.92 Å². The maximum absolute atomic E-state index is 2.49. The van der Waals surface area contributed by atoms with Crippen molar-refractivity contribution in [2.24, 2.45) is 0 Å². The van der Waals surface area contributed by atoms with Crippen molar-refractivity contribution in [3.63, 3.8) is 0 Å². The Morgan fingerprint density at radius 3 is 2.87 bits per heavy atom. The third kappa shape index (κ3) is 1.43. The largest absolute Gasteiger partial charge is 0.0807 e. The van der Waals surface area contributed by atoms with Crippen LogP contribution < -0.4 is 0 Å². The minimum absolute atomic E-state index is 1.28. The van der Waals surface area contributed by atoms with Crippen LogP contribution in [0.5, 0.6) is 0 Å². The normalized spacial score (nSPS) is 19.1. The van der Waals surface area contributed by atoms with Gasteiger partial charge in [-0.15, -0.1) is 0 Å². The first kappa shape index (κ1) is 9.21. The van der Waals surface area contributed by atoms with E-state index in [-0.39, 0.29) is 0 Å². The van der Waals surface area contributed by atoms with Gasteiger partial charge in [0.05, 0.1) is 0 Å². The lowest BCUT2D eigenvalue weighted by Gasteiger charge is -2.22. The highest BCUT2D eigenvalue weighted by Gasteiger charge is 2.20. The molecule has 0 amide bonds. The van der Waals surface area contributed by atoms with Crippen LogP contribution in [0.3, 0.4) is 0 Å². The molecule has 2 aliphatic rings. The van der Waals surface area contributed by atoms with Crippen LogP contribution in [0.2, 0.25) is 0 Å². The molecule has 0 saturated carbocycles. The maximum Gasteiger partial charge on any atom is -0.0161 e. The number of allylic oxidation sites excluding steroid dienone is 2. The number of aryl methyl sites for hydroxylation is 2. The highest BCUT2D eigenvalue weighted by molar-refractivity contribution is 5.74. The fourth-order valence-corrected chi connectivity index (χ4v) is 3.08. The molecule has 0 heteroatoms. The Morgan fingerprint density at radius 1 is 1.00 bits per heavy atom. The zero-order valence-electron chi connectivity index (χ0n) is 9.47. The highest BCUT2D eigenvalue weighted by atomic mass is 14.2. The molecular weight excluding hydrogens is 180 g/mol. The third-order valence-electron chi connectivity index (χ3n) is 3.87. The molecule has 0 aliphatic heterocycles. The van der Waals surface area contributed by atoms with Crippen molar-refractivity contribution in [1.82, 2.24) is 0 Å². The number of benzene rings is 1. The van der Waals surface area contributed by atoms with E-state index in [1.165, 1.54) is 44.1 Å². The lowest BCUT2D eigenvalue weighted by atomic mass is 9.82. The van der Waals surface area contributed by atoms with E-state index in [9.17, 15) is 0 Å². The monoisotopic (exact) mass is 198 g/mol. The highest BCUT2D eigenvalue weighted by Crippen LogP contribution is 2.37. The van der Waals surface area contributed by atoms with Gasteiger partial charge in [0, 0.05) is 0 Å². The SMILES string of the molecule is Cc1ccc2c3c1CCCC=C3CCC2. The minimum Gasteiger partial charge on any atom is -0.0807 e. The van der Waals surface area contributed by atoms with E-state index in [0.717, 1.165) is 0 Å². The number of rotatable bonds is 0. The van der Waals surface area contributed by atoms with Crippen molar-refractivity contribution in [2.75, 3.05) is 0 Å². The second-order valence-corrected chi connectivity index (χ2v) is 4.87. The summed E-state index contributed by atoms with van der Waals surface area (Å²) in [6, 6.07) is 4.68. The van der Waals surface area contributed by atoms with Gasteiger partial charge in [0.2, 0.25) is 0 Å². The molecule has 1 aromatic carbocycles. The van der Waals surface area contributed by atoms with Crippen molar-refractivity contribution in [1.29, 1.82) is 0 Å². The Kier molecular flexibility index (Phi) is 2.16. The topological polar surface area (TPSA) is 0 Å². The van der Waals surface area contributed by atoms with Gasteiger partial charge in [0.25, 0.3) is 0 Å². The van der Waals surface area contributed by atoms with E-state index in [0.29, 0.717) is 0 Å². The smallest absolute Gasteiger partial charge is 0.0161 e. The molecule has 0 fully saturated rings. The van der Waals surface area contributed by atoms with Crippen molar-refractivity contribution in [3.8, 4) is 0 Å². The van der Waals surface area contributed by atoms with Crippen LogP contribution in [-0.4, -0.2) is 0 Å². The summed E-state index contributed by atoms with van der Waals surface area (Å²) in [6.07, 6.45) is 10.3. The van der Waals surface area contributed by atoms with Gasteiger partial charge in [-0.25, -0.2) is 0 Å². The summed E-state index contributed by atoms with van der Waals surface area (Å²) < 4.78 is 0. The van der Waals surface area contributed by atoms with Crippen LogP contribution in [-0.2, 0) is 12.8 Å². The maximum atomic E-state index is 2.49. The standard InChI is InChI=1S/C15H18/c1-11-9-10-13-7-4-6-12-5-2-3-8-14(11)15(12)13/h5,9-10H,2-4,6-8H2,1H3. The van der Waals surface area contributed by atoms with Crippen LogP contribution in [0.25, 0.3) is 5.57 Å². The number of hydrogen-bond donors (Lipinski definition) is 0. The molecule has 0 heterocycles. The first-order chi connectivity index (χ1) is 7.36. The Morgan fingerprint density at radius 2 is 1.93 bits per heavy atom. The van der Waals surface area contributed by atoms with Crippen LogP contribution in [0.15, 0.2) is 18.2 Å². The Hall–Kier alpha value is -1.04. The summed E-state index contributed by atoms with van der Waals surface area (Å²) in [5, 5.41) is 0. The molecule has 78 valence electrons. The number of hydrogen-bond acceptors (Lipinski definition) is 0. The molecule has 0 bridgehead atoms. The fraction of sp³-hybridized carbons (Fsp3) is 0.467. The van der Waals surface area contributed by atoms with E-state index >= 15 is 0 Å². The molecule has 0 spiro atoms. The lowest BCUT2D eigenvalue weighted by Crippen LogP contribution is -2.06. The molecule has 0 N–H and O–H groups in total. The molecule has 0 saturated heterocycles. The van der Waals surface area contributed by atoms with E-state index in [1.807, 2.05) is 0 Å². The van der Waals surface area contributed by atoms with Crippen molar-refractivity contribution >= 4 is 5.57 Å². The Bertz CT molecular complexity index is 424. The average molecular weight is 198 g/mol. The Balaban J connectivity index is 2.27. The van der Waals surface area contributed by atoms with Gasteiger partial charge in [-0.3, -0.25) is 0 Å². The second kappa shape index (κ2) is 3.52. The van der Waals surface area contributed by atoms with Gasteiger partial charge in [-0.2, -0.15) is 0 Å². The van der Waals surface area contributed by atoms with Gasteiger partial charge in [0.15, 0.2) is 0 Å². The molecule has 2 aliphatic carbocycles. The summed E-state index contributed by atoms with van der Waals surface area (Å²) in [5.41, 5.74) is 8.04. The molecule has 0 unspecified atom stereocenters. The summed E-state index contributed by atoms with van der Waals surface area (Å²) in [5.74, 6) is 0. The molecule has 15 heavy (non-hydrogen) atoms. The van der Waals surface area contributed by atoms with E-state index < -0.39 is 0 Å². The average Bonchev–Trinajstić information content (AvgIpc) is 2.48. The zero-order valence-corrected chi connectivity index (χ0v) is 9.47. The van der Waals surface area contributed by atoms with Crippen LogP contribution >= 0.6 is 0 Å². The first-order valence-electron chi connectivity index (χ1n) is 6.17. The summed E-state index contributed by atoms with van der Waals surface area (Å²) in [4.78, 5) is 0. The van der Waals surface area contributed by atoms with Crippen molar-refractivity contribution in [3.05, 3.63) is 40.5 Å². The van der Waals surface area contributed by atoms with Crippen molar-refractivity contribution in [2.45, 2.75) is 45.4 Å². The Labute approximate surface area is 92.0 Å². The lowest BCUT2D eigenvalue weighted by molar-refractivity contribution is 0.814. The van der Waals surface area contributed by atoms with Crippen molar-refractivity contribution < 1.29 is 0 Å². The summed E-state index contributed by atoms with van der Waals surface area (Å²) in [6.45, 7) is 2.27. The minimum atomic E-state index is 1.28. The van der Waals surface area contributed by atoms with Crippen LogP contribution in [0.4, 0.5) is 0 Å². The van der Waals surface area contributed by atoms with Gasteiger partial charge in [0.1, 0.15) is 0 Å².